The minimum absolute atomic E-state index is 0.0593. The molecular weight excluding hydrogens is 301 g/mol. The van der Waals surface area contributed by atoms with E-state index in [4.69, 9.17) is 4.74 Å². The lowest BCUT2D eigenvalue weighted by Gasteiger charge is -2.13. The second kappa shape index (κ2) is 11.4. The van der Waals surface area contributed by atoms with Crippen LogP contribution in [-0.4, -0.2) is 6.61 Å². The molecule has 1 aromatic carbocycles. The summed E-state index contributed by atoms with van der Waals surface area (Å²) in [5.74, 6) is -0.0593. The quantitative estimate of drug-likeness (QED) is 0.375. The van der Waals surface area contributed by atoms with Gasteiger partial charge >= 0.3 is 6.18 Å². The molecule has 1 aromatic rings. The fourth-order valence-corrected chi connectivity index (χ4v) is 2.60. The standard InChI is InChI=1S/C19H29F3O/c1-2-3-4-5-6-7-8-9-10-13-16-23-18-15-12-11-14-17(18)19(20,21)22/h11-12,14-15H,2-10,13,16H2,1H3. The highest BCUT2D eigenvalue weighted by molar-refractivity contribution is 5.35. The van der Waals surface area contributed by atoms with E-state index in [2.05, 4.69) is 6.92 Å². The first-order chi connectivity index (χ1) is 11.1. The van der Waals surface area contributed by atoms with Crippen LogP contribution >= 0.6 is 0 Å². The van der Waals surface area contributed by atoms with Crippen LogP contribution in [0.25, 0.3) is 0 Å². The number of rotatable bonds is 12. The summed E-state index contributed by atoms with van der Waals surface area (Å²) in [6.45, 7) is 2.57. The lowest BCUT2D eigenvalue weighted by molar-refractivity contribution is -0.138. The van der Waals surface area contributed by atoms with Crippen LogP contribution in [0.5, 0.6) is 5.75 Å². The number of unbranched alkanes of at least 4 members (excludes halogenated alkanes) is 9. The maximum Gasteiger partial charge on any atom is 0.419 e. The normalized spacial score (nSPS) is 11.7. The average molecular weight is 330 g/mol. The van der Waals surface area contributed by atoms with Crippen LogP contribution in [0.1, 0.15) is 76.7 Å². The summed E-state index contributed by atoms with van der Waals surface area (Å²) in [5.41, 5.74) is -0.688. The van der Waals surface area contributed by atoms with Crippen LogP contribution < -0.4 is 4.74 Å². The van der Waals surface area contributed by atoms with Crippen molar-refractivity contribution in [2.75, 3.05) is 6.61 Å². The second-order valence-corrected chi connectivity index (χ2v) is 6.02. The van der Waals surface area contributed by atoms with E-state index in [9.17, 15) is 13.2 Å². The number of hydrogen-bond acceptors (Lipinski definition) is 1. The van der Waals surface area contributed by atoms with Gasteiger partial charge in [-0.05, 0) is 18.6 Å². The summed E-state index contributed by atoms with van der Waals surface area (Å²) in [5, 5.41) is 0. The molecule has 0 amide bonds. The van der Waals surface area contributed by atoms with Gasteiger partial charge in [-0.3, -0.25) is 0 Å². The van der Waals surface area contributed by atoms with Crippen molar-refractivity contribution in [1.82, 2.24) is 0 Å². The zero-order chi connectivity index (χ0) is 17.0. The van der Waals surface area contributed by atoms with Gasteiger partial charge < -0.3 is 4.74 Å². The Balaban J connectivity index is 2.08. The molecule has 1 rings (SSSR count). The van der Waals surface area contributed by atoms with Gasteiger partial charge in [0.25, 0.3) is 0 Å². The molecule has 0 aromatic heterocycles. The van der Waals surface area contributed by atoms with Gasteiger partial charge in [0.05, 0.1) is 12.2 Å². The minimum Gasteiger partial charge on any atom is -0.493 e. The predicted octanol–water partition coefficient (Wildman–Crippen LogP) is 7.01. The molecule has 0 saturated carbocycles. The van der Waals surface area contributed by atoms with Crippen molar-refractivity contribution < 1.29 is 17.9 Å². The van der Waals surface area contributed by atoms with Crippen LogP contribution in [0.2, 0.25) is 0 Å². The number of alkyl halides is 3. The molecule has 1 nitrogen and oxygen atoms in total. The maximum atomic E-state index is 12.8. The van der Waals surface area contributed by atoms with E-state index in [1.165, 1.54) is 57.1 Å². The first-order valence-corrected chi connectivity index (χ1v) is 8.84. The van der Waals surface area contributed by atoms with Gasteiger partial charge in [-0.15, -0.1) is 0 Å². The van der Waals surface area contributed by atoms with Gasteiger partial charge in [-0.25, -0.2) is 0 Å². The van der Waals surface area contributed by atoms with E-state index >= 15 is 0 Å². The second-order valence-electron chi connectivity index (χ2n) is 6.02. The summed E-state index contributed by atoms with van der Waals surface area (Å²) >= 11 is 0. The Bertz CT molecular complexity index is 415. The Morgan fingerprint density at radius 3 is 1.87 bits per heavy atom. The first-order valence-electron chi connectivity index (χ1n) is 8.84. The number of ether oxygens (including phenoxy) is 1. The molecule has 0 spiro atoms. The molecular formula is C19H29F3O. The molecule has 0 fully saturated rings. The van der Waals surface area contributed by atoms with Crippen molar-refractivity contribution in [3.63, 3.8) is 0 Å². The first kappa shape index (κ1) is 19.9. The van der Waals surface area contributed by atoms with E-state index in [0.717, 1.165) is 25.3 Å². The van der Waals surface area contributed by atoms with Crippen molar-refractivity contribution >= 4 is 0 Å². The fraction of sp³-hybridized carbons (Fsp3) is 0.684. The molecule has 0 radical (unpaired) electrons. The van der Waals surface area contributed by atoms with E-state index in [1.807, 2.05) is 0 Å². The van der Waals surface area contributed by atoms with Crippen LogP contribution in [0, 0.1) is 0 Å². The molecule has 0 aliphatic heterocycles. The Morgan fingerprint density at radius 1 is 0.783 bits per heavy atom. The third kappa shape index (κ3) is 8.87. The van der Waals surface area contributed by atoms with Crippen molar-refractivity contribution in [3.05, 3.63) is 29.8 Å². The molecule has 132 valence electrons. The Labute approximate surface area is 138 Å². The molecule has 0 atom stereocenters. The fourth-order valence-electron chi connectivity index (χ4n) is 2.60. The molecule has 0 aliphatic rings. The maximum absolute atomic E-state index is 12.8. The van der Waals surface area contributed by atoms with Crippen LogP contribution in [0.4, 0.5) is 13.2 Å². The van der Waals surface area contributed by atoms with Crippen molar-refractivity contribution in [3.8, 4) is 5.75 Å². The van der Waals surface area contributed by atoms with E-state index in [1.54, 1.807) is 6.07 Å². The number of hydrogen-bond donors (Lipinski definition) is 0. The lowest BCUT2D eigenvalue weighted by atomic mass is 10.1. The van der Waals surface area contributed by atoms with E-state index in [0.29, 0.717) is 6.61 Å². The van der Waals surface area contributed by atoms with Crippen molar-refractivity contribution in [2.24, 2.45) is 0 Å². The summed E-state index contributed by atoms with van der Waals surface area (Å²) < 4.78 is 43.7. The Kier molecular flexibility index (Phi) is 9.81. The molecule has 0 unspecified atom stereocenters. The molecule has 0 saturated heterocycles. The summed E-state index contributed by atoms with van der Waals surface area (Å²) in [6.07, 6.45) is 7.65. The Morgan fingerprint density at radius 2 is 1.30 bits per heavy atom. The van der Waals surface area contributed by atoms with Crippen LogP contribution in [0.3, 0.4) is 0 Å². The van der Waals surface area contributed by atoms with Crippen LogP contribution in [0.15, 0.2) is 24.3 Å². The average Bonchev–Trinajstić information content (AvgIpc) is 2.52. The minimum atomic E-state index is -4.35. The third-order valence-corrected chi connectivity index (χ3v) is 3.95. The Hall–Kier alpha value is -1.19. The monoisotopic (exact) mass is 330 g/mol. The highest BCUT2D eigenvalue weighted by Crippen LogP contribution is 2.35. The molecule has 23 heavy (non-hydrogen) atoms. The molecule has 0 heterocycles. The van der Waals surface area contributed by atoms with Gasteiger partial charge in [0.15, 0.2) is 0 Å². The third-order valence-electron chi connectivity index (χ3n) is 3.95. The summed E-state index contributed by atoms with van der Waals surface area (Å²) in [6, 6.07) is 5.41. The van der Waals surface area contributed by atoms with Gasteiger partial charge in [0, 0.05) is 0 Å². The molecule has 0 bridgehead atoms. The highest BCUT2D eigenvalue weighted by atomic mass is 19.4. The van der Waals surface area contributed by atoms with Crippen molar-refractivity contribution in [1.29, 1.82) is 0 Å². The zero-order valence-electron chi connectivity index (χ0n) is 14.1. The summed E-state index contributed by atoms with van der Waals surface area (Å²) in [4.78, 5) is 0. The largest absolute Gasteiger partial charge is 0.493 e. The topological polar surface area (TPSA) is 9.23 Å². The number of para-hydroxylation sites is 1. The zero-order valence-corrected chi connectivity index (χ0v) is 14.1. The highest BCUT2D eigenvalue weighted by Gasteiger charge is 2.33. The van der Waals surface area contributed by atoms with E-state index in [-0.39, 0.29) is 5.75 Å². The van der Waals surface area contributed by atoms with Gasteiger partial charge in [0.1, 0.15) is 5.75 Å². The van der Waals surface area contributed by atoms with Gasteiger partial charge in [-0.1, -0.05) is 76.8 Å². The SMILES string of the molecule is CCCCCCCCCCCCOc1ccccc1C(F)(F)F. The van der Waals surface area contributed by atoms with Gasteiger partial charge in [0.2, 0.25) is 0 Å². The predicted molar refractivity (Wildman–Crippen MR) is 88.8 cm³/mol. The summed E-state index contributed by atoms with van der Waals surface area (Å²) in [7, 11) is 0. The van der Waals surface area contributed by atoms with Crippen LogP contribution in [-0.2, 0) is 6.18 Å². The van der Waals surface area contributed by atoms with Gasteiger partial charge in [-0.2, -0.15) is 13.2 Å². The lowest BCUT2D eigenvalue weighted by Crippen LogP contribution is -2.09. The smallest absolute Gasteiger partial charge is 0.419 e. The molecule has 0 aliphatic carbocycles. The van der Waals surface area contributed by atoms with Crippen molar-refractivity contribution in [2.45, 2.75) is 77.3 Å². The van der Waals surface area contributed by atoms with E-state index < -0.39 is 11.7 Å². The number of benzene rings is 1. The molecule has 0 N–H and O–H groups in total. The molecule has 4 heteroatoms. The number of halogens is 3.